The Morgan fingerprint density at radius 1 is 1.22 bits per heavy atom. The standard InChI is InChI=1S/C19H19NO5S2/c21-18-19(24-8-7-13(25-19)10-12-3-4-12)15-11-14(5-6-16(15)20-18)27(22,23)17-2-1-9-26-17/h1-2,5-6,9,11-13H,3-4,7-8,10H2,(H,20,21). The van der Waals surface area contributed by atoms with E-state index in [2.05, 4.69) is 5.32 Å². The molecule has 0 radical (unpaired) electrons. The molecule has 1 spiro atoms. The lowest BCUT2D eigenvalue weighted by Gasteiger charge is -2.37. The molecule has 2 unspecified atom stereocenters. The maximum absolute atomic E-state index is 12.9. The van der Waals surface area contributed by atoms with Crippen LogP contribution in [0.4, 0.5) is 5.69 Å². The number of fused-ring (bicyclic) bond motifs is 2. The van der Waals surface area contributed by atoms with Gasteiger partial charge in [0.05, 0.1) is 23.3 Å². The Balaban J connectivity index is 1.54. The highest BCUT2D eigenvalue weighted by Crippen LogP contribution is 2.46. The third kappa shape index (κ3) is 2.82. The molecule has 3 heterocycles. The number of amides is 1. The number of carbonyl (C=O) groups excluding carboxylic acids is 1. The molecule has 2 aromatic rings. The Labute approximate surface area is 161 Å². The summed E-state index contributed by atoms with van der Waals surface area (Å²) in [6.45, 7) is 0.409. The Kier molecular flexibility index (Phi) is 3.94. The molecule has 0 bridgehead atoms. The number of hydrogen-bond acceptors (Lipinski definition) is 6. The number of hydrogen-bond donors (Lipinski definition) is 1. The van der Waals surface area contributed by atoms with E-state index in [0.29, 0.717) is 23.8 Å². The van der Waals surface area contributed by atoms with Gasteiger partial charge in [-0.05, 0) is 48.4 Å². The zero-order valence-corrected chi connectivity index (χ0v) is 16.1. The number of rotatable bonds is 4. The van der Waals surface area contributed by atoms with Gasteiger partial charge in [0.2, 0.25) is 9.84 Å². The van der Waals surface area contributed by atoms with Crippen molar-refractivity contribution in [3.8, 4) is 0 Å². The first-order valence-corrected chi connectivity index (χ1v) is 11.4. The van der Waals surface area contributed by atoms with Crippen LogP contribution in [0.3, 0.4) is 0 Å². The second-order valence-corrected chi connectivity index (χ2v) is 10.4. The fraction of sp³-hybridized carbons (Fsp3) is 0.421. The first-order valence-electron chi connectivity index (χ1n) is 9.05. The van der Waals surface area contributed by atoms with Crippen LogP contribution in [0.1, 0.15) is 31.2 Å². The van der Waals surface area contributed by atoms with Crippen molar-refractivity contribution >= 4 is 32.8 Å². The molecule has 1 saturated heterocycles. The molecule has 142 valence electrons. The van der Waals surface area contributed by atoms with Gasteiger partial charge in [0.25, 0.3) is 11.7 Å². The Bertz CT molecular complexity index is 997. The average molecular weight is 405 g/mol. The van der Waals surface area contributed by atoms with Crippen LogP contribution in [0.2, 0.25) is 0 Å². The van der Waals surface area contributed by atoms with E-state index in [1.807, 2.05) is 0 Å². The summed E-state index contributed by atoms with van der Waals surface area (Å²) in [6, 6.07) is 7.91. The van der Waals surface area contributed by atoms with Gasteiger partial charge in [-0.3, -0.25) is 4.79 Å². The number of sulfone groups is 1. The number of anilines is 1. The van der Waals surface area contributed by atoms with Crippen LogP contribution in [-0.4, -0.2) is 27.0 Å². The highest BCUT2D eigenvalue weighted by atomic mass is 32.2. The number of ether oxygens (including phenoxy) is 2. The minimum absolute atomic E-state index is 0.0551. The monoisotopic (exact) mass is 405 g/mol. The lowest BCUT2D eigenvalue weighted by Crippen LogP contribution is -2.47. The zero-order chi connectivity index (χ0) is 18.6. The van der Waals surface area contributed by atoms with Crippen LogP contribution >= 0.6 is 11.3 Å². The molecule has 27 heavy (non-hydrogen) atoms. The normalized spacial score (nSPS) is 27.6. The van der Waals surface area contributed by atoms with Crippen molar-refractivity contribution in [3.63, 3.8) is 0 Å². The molecule has 1 aromatic heterocycles. The molecule has 5 rings (SSSR count). The maximum Gasteiger partial charge on any atom is 0.289 e. The van der Waals surface area contributed by atoms with Gasteiger partial charge in [-0.1, -0.05) is 18.9 Å². The lowest BCUT2D eigenvalue weighted by molar-refractivity contribution is -0.281. The summed E-state index contributed by atoms with van der Waals surface area (Å²) in [6.07, 6.45) is 4.02. The van der Waals surface area contributed by atoms with Crippen LogP contribution < -0.4 is 5.32 Å². The van der Waals surface area contributed by atoms with Gasteiger partial charge < -0.3 is 14.8 Å². The highest BCUT2D eigenvalue weighted by molar-refractivity contribution is 7.93. The van der Waals surface area contributed by atoms with E-state index in [1.54, 1.807) is 23.6 Å². The topological polar surface area (TPSA) is 81.7 Å². The van der Waals surface area contributed by atoms with Crippen LogP contribution in [-0.2, 0) is 29.9 Å². The van der Waals surface area contributed by atoms with Crippen molar-refractivity contribution in [3.05, 3.63) is 41.3 Å². The number of benzene rings is 1. The summed E-state index contributed by atoms with van der Waals surface area (Å²) >= 11 is 1.17. The molecule has 1 aromatic carbocycles. The fourth-order valence-corrected chi connectivity index (χ4v) is 6.17. The lowest BCUT2D eigenvalue weighted by atomic mass is 10.0. The van der Waals surface area contributed by atoms with Gasteiger partial charge >= 0.3 is 0 Å². The zero-order valence-electron chi connectivity index (χ0n) is 14.5. The summed E-state index contributed by atoms with van der Waals surface area (Å²) in [4.78, 5) is 12.9. The molecule has 6 nitrogen and oxygen atoms in total. The first-order chi connectivity index (χ1) is 13.0. The predicted molar refractivity (Wildman–Crippen MR) is 99.3 cm³/mol. The molecular formula is C19H19NO5S2. The van der Waals surface area contributed by atoms with E-state index in [1.165, 1.54) is 36.3 Å². The van der Waals surface area contributed by atoms with Gasteiger partial charge in [-0.25, -0.2) is 8.42 Å². The summed E-state index contributed by atoms with van der Waals surface area (Å²) in [5.41, 5.74) is 0.989. The third-order valence-corrected chi connectivity index (χ3v) is 8.48. The van der Waals surface area contributed by atoms with Gasteiger partial charge in [-0.15, -0.1) is 11.3 Å². The van der Waals surface area contributed by atoms with Crippen molar-refractivity contribution in [1.29, 1.82) is 0 Å². The van der Waals surface area contributed by atoms with Gasteiger partial charge in [0.1, 0.15) is 4.21 Å². The number of carbonyl (C=O) groups is 1. The number of nitrogens with one attached hydrogen (secondary N) is 1. The molecule has 1 N–H and O–H groups in total. The molecule has 2 fully saturated rings. The average Bonchev–Trinajstić information content (AvgIpc) is 3.20. The van der Waals surface area contributed by atoms with Crippen molar-refractivity contribution in [2.75, 3.05) is 11.9 Å². The molecule has 1 aliphatic carbocycles. The van der Waals surface area contributed by atoms with Crippen LogP contribution in [0.5, 0.6) is 0 Å². The predicted octanol–water partition coefficient (Wildman–Crippen LogP) is 3.29. The van der Waals surface area contributed by atoms with Gasteiger partial charge in [0.15, 0.2) is 0 Å². The summed E-state index contributed by atoms with van der Waals surface area (Å²) in [5.74, 6) is -1.27. The quantitative estimate of drug-likeness (QED) is 0.844. The maximum atomic E-state index is 12.9. The molecule has 1 saturated carbocycles. The van der Waals surface area contributed by atoms with E-state index < -0.39 is 15.6 Å². The Morgan fingerprint density at radius 2 is 2.07 bits per heavy atom. The summed E-state index contributed by atoms with van der Waals surface area (Å²) in [7, 11) is -3.64. The van der Waals surface area contributed by atoms with Crippen LogP contribution in [0.15, 0.2) is 44.8 Å². The first kappa shape index (κ1) is 17.4. The minimum atomic E-state index is -3.64. The molecule has 3 aliphatic rings. The van der Waals surface area contributed by atoms with Gasteiger partial charge in [-0.2, -0.15) is 0 Å². The Hall–Kier alpha value is -1.74. The Morgan fingerprint density at radius 3 is 2.81 bits per heavy atom. The van der Waals surface area contributed by atoms with Gasteiger partial charge in [0, 0.05) is 5.56 Å². The summed E-state index contributed by atoms with van der Waals surface area (Å²) in [5, 5.41) is 4.50. The van der Waals surface area contributed by atoms with Crippen molar-refractivity contribution in [2.45, 2.75) is 46.7 Å². The molecule has 2 atom stereocenters. The highest BCUT2D eigenvalue weighted by Gasteiger charge is 2.53. The molecule has 2 aliphatic heterocycles. The van der Waals surface area contributed by atoms with E-state index in [4.69, 9.17) is 9.47 Å². The van der Waals surface area contributed by atoms with E-state index in [9.17, 15) is 13.2 Å². The SMILES string of the molecule is O=C1Nc2ccc(S(=O)(=O)c3cccs3)cc2C12OCCC(CC1CC1)O2. The summed E-state index contributed by atoms with van der Waals surface area (Å²) < 4.78 is 38.0. The largest absolute Gasteiger partial charge is 0.338 e. The van der Waals surface area contributed by atoms with Crippen molar-refractivity contribution in [2.24, 2.45) is 5.92 Å². The second kappa shape index (κ2) is 6.13. The molecule has 8 heteroatoms. The van der Waals surface area contributed by atoms with Crippen LogP contribution in [0.25, 0.3) is 0 Å². The van der Waals surface area contributed by atoms with Crippen molar-refractivity contribution in [1.82, 2.24) is 0 Å². The van der Waals surface area contributed by atoms with Crippen molar-refractivity contribution < 1.29 is 22.7 Å². The van der Waals surface area contributed by atoms with E-state index in [0.717, 1.165) is 12.8 Å². The third-order valence-electron chi connectivity index (χ3n) is 5.33. The van der Waals surface area contributed by atoms with E-state index in [-0.39, 0.29) is 21.1 Å². The smallest absolute Gasteiger partial charge is 0.289 e. The minimum Gasteiger partial charge on any atom is -0.338 e. The van der Waals surface area contributed by atoms with E-state index >= 15 is 0 Å². The van der Waals surface area contributed by atoms with Crippen LogP contribution in [0, 0.1) is 5.92 Å². The molecule has 1 amide bonds. The second-order valence-electron chi connectivity index (χ2n) is 7.27. The fourth-order valence-electron chi connectivity index (χ4n) is 3.74. The number of thiophene rings is 1. The molecular weight excluding hydrogens is 386 g/mol.